The van der Waals surface area contributed by atoms with Crippen LogP contribution in [-0.4, -0.2) is 35.9 Å². The van der Waals surface area contributed by atoms with Gasteiger partial charge in [-0.1, -0.05) is 26.0 Å². The van der Waals surface area contributed by atoms with Gasteiger partial charge in [0.05, 0.1) is 0 Å². The fourth-order valence-corrected chi connectivity index (χ4v) is 2.58. The summed E-state index contributed by atoms with van der Waals surface area (Å²) < 4.78 is 31.6. The lowest BCUT2D eigenvalue weighted by atomic mass is 10.1. The van der Waals surface area contributed by atoms with E-state index in [2.05, 4.69) is 5.32 Å². The number of halogens is 2. The van der Waals surface area contributed by atoms with Gasteiger partial charge in [-0.05, 0) is 54.8 Å². The zero-order valence-corrected chi connectivity index (χ0v) is 16.8. The fraction of sp³-hybridized carbons (Fsp3) is 0.364. The van der Waals surface area contributed by atoms with E-state index in [1.807, 2.05) is 13.8 Å². The highest BCUT2D eigenvalue weighted by molar-refractivity contribution is 5.87. The molecule has 0 aliphatic heterocycles. The number of nitrogens with zero attached hydrogens (tertiary/aromatic N) is 1. The molecule has 0 bridgehead atoms. The molecule has 2 rings (SSSR count). The Morgan fingerprint density at radius 1 is 0.966 bits per heavy atom. The third-order valence-electron chi connectivity index (χ3n) is 4.29. The summed E-state index contributed by atoms with van der Waals surface area (Å²) in [5.41, 5.74) is 0.685. The van der Waals surface area contributed by atoms with Crippen LogP contribution in [0.5, 0.6) is 5.75 Å². The Hall–Kier alpha value is -2.96. The molecule has 7 heteroatoms. The predicted octanol–water partition coefficient (Wildman–Crippen LogP) is 3.53. The number of hydrogen-bond donors (Lipinski definition) is 1. The number of nitrogens with one attached hydrogen (secondary N) is 1. The zero-order chi connectivity index (χ0) is 21.4. The standard InChI is InChI=1S/C22H26F2N2O3/c1-15(2)12-25-22(28)16(3)26(13-17-4-6-18(23)7-5-17)21(27)14-29-20-10-8-19(24)9-11-20/h4-11,15-16H,12-14H2,1-3H3,(H,25,28)/t16-/m1/s1. The molecule has 156 valence electrons. The van der Waals surface area contributed by atoms with E-state index in [-0.39, 0.29) is 30.8 Å². The van der Waals surface area contributed by atoms with Crippen molar-refractivity contribution in [1.82, 2.24) is 10.2 Å². The lowest BCUT2D eigenvalue weighted by molar-refractivity contribution is -0.142. The van der Waals surface area contributed by atoms with Gasteiger partial charge < -0.3 is 15.0 Å². The van der Waals surface area contributed by atoms with Crippen LogP contribution < -0.4 is 10.1 Å². The first-order valence-corrected chi connectivity index (χ1v) is 9.46. The lowest BCUT2D eigenvalue weighted by Gasteiger charge is -2.29. The van der Waals surface area contributed by atoms with Crippen LogP contribution in [0.4, 0.5) is 8.78 Å². The second-order valence-corrected chi connectivity index (χ2v) is 7.21. The smallest absolute Gasteiger partial charge is 0.261 e. The van der Waals surface area contributed by atoms with E-state index in [0.717, 1.165) is 0 Å². The van der Waals surface area contributed by atoms with Crippen molar-refractivity contribution in [1.29, 1.82) is 0 Å². The molecular weight excluding hydrogens is 378 g/mol. The highest BCUT2D eigenvalue weighted by Crippen LogP contribution is 2.14. The maximum atomic E-state index is 13.2. The second kappa shape index (κ2) is 10.5. The van der Waals surface area contributed by atoms with E-state index in [0.29, 0.717) is 17.9 Å². The highest BCUT2D eigenvalue weighted by Gasteiger charge is 2.26. The van der Waals surface area contributed by atoms with Gasteiger partial charge in [-0.25, -0.2) is 8.78 Å². The number of carbonyl (C=O) groups is 2. The number of hydrogen-bond acceptors (Lipinski definition) is 3. The molecule has 1 atom stereocenters. The minimum atomic E-state index is -0.747. The summed E-state index contributed by atoms with van der Waals surface area (Å²) in [6.45, 7) is 5.89. The van der Waals surface area contributed by atoms with Gasteiger partial charge in [-0.15, -0.1) is 0 Å². The largest absolute Gasteiger partial charge is 0.484 e. The molecular formula is C22H26F2N2O3. The molecule has 2 aromatic carbocycles. The van der Waals surface area contributed by atoms with E-state index in [4.69, 9.17) is 4.74 Å². The van der Waals surface area contributed by atoms with Crippen molar-refractivity contribution in [2.45, 2.75) is 33.4 Å². The van der Waals surface area contributed by atoms with E-state index in [1.165, 1.54) is 41.3 Å². The molecule has 5 nitrogen and oxygen atoms in total. The van der Waals surface area contributed by atoms with Gasteiger partial charge in [0, 0.05) is 13.1 Å². The van der Waals surface area contributed by atoms with Crippen LogP contribution in [0, 0.1) is 17.6 Å². The molecule has 0 aliphatic carbocycles. The fourth-order valence-electron chi connectivity index (χ4n) is 2.58. The topological polar surface area (TPSA) is 58.6 Å². The quantitative estimate of drug-likeness (QED) is 0.696. The summed E-state index contributed by atoms with van der Waals surface area (Å²) in [6.07, 6.45) is 0. The number of rotatable bonds is 9. The van der Waals surface area contributed by atoms with Gasteiger partial charge >= 0.3 is 0 Å². The first-order valence-electron chi connectivity index (χ1n) is 9.46. The van der Waals surface area contributed by atoms with E-state index >= 15 is 0 Å². The van der Waals surface area contributed by atoms with Crippen LogP contribution in [0.25, 0.3) is 0 Å². The third-order valence-corrected chi connectivity index (χ3v) is 4.29. The van der Waals surface area contributed by atoms with Crippen molar-refractivity contribution in [3.05, 3.63) is 65.7 Å². The number of amides is 2. The summed E-state index contributed by atoms with van der Waals surface area (Å²) in [6, 6.07) is 10.3. The number of carbonyl (C=O) groups excluding carboxylic acids is 2. The minimum absolute atomic E-state index is 0.127. The zero-order valence-electron chi connectivity index (χ0n) is 16.8. The SMILES string of the molecule is CC(C)CNC(=O)[C@@H](C)N(Cc1ccc(F)cc1)C(=O)COc1ccc(F)cc1. The van der Waals surface area contributed by atoms with Crippen LogP contribution >= 0.6 is 0 Å². The molecule has 2 amide bonds. The Balaban J connectivity index is 2.10. The summed E-state index contributed by atoms with van der Waals surface area (Å²) in [7, 11) is 0. The van der Waals surface area contributed by atoms with Crippen molar-refractivity contribution in [2.24, 2.45) is 5.92 Å². The van der Waals surface area contributed by atoms with Crippen molar-refractivity contribution in [3.8, 4) is 5.75 Å². The Labute approximate surface area is 169 Å². The number of benzene rings is 2. The molecule has 0 radical (unpaired) electrons. The molecule has 0 heterocycles. The lowest BCUT2D eigenvalue weighted by Crippen LogP contribution is -2.49. The molecule has 0 fully saturated rings. The second-order valence-electron chi connectivity index (χ2n) is 7.21. The van der Waals surface area contributed by atoms with Crippen molar-refractivity contribution >= 4 is 11.8 Å². The normalized spacial score (nSPS) is 11.8. The molecule has 1 N–H and O–H groups in total. The summed E-state index contributed by atoms with van der Waals surface area (Å²) in [4.78, 5) is 26.7. The first-order chi connectivity index (χ1) is 13.8. The molecule has 2 aromatic rings. The van der Waals surface area contributed by atoms with Gasteiger partial charge in [-0.2, -0.15) is 0 Å². The van der Waals surface area contributed by atoms with Crippen LogP contribution in [-0.2, 0) is 16.1 Å². The molecule has 0 unspecified atom stereocenters. The molecule has 29 heavy (non-hydrogen) atoms. The molecule has 0 saturated carbocycles. The summed E-state index contributed by atoms with van der Waals surface area (Å²) in [5.74, 6) is -0.861. The maximum Gasteiger partial charge on any atom is 0.261 e. The average Bonchev–Trinajstić information content (AvgIpc) is 2.70. The Kier molecular flexibility index (Phi) is 8.12. The van der Waals surface area contributed by atoms with Crippen molar-refractivity contribution in [3.63, 3.8) is 0 Å². The van der Waals surface area contributed by atoms with Crippen LogP contribution in [0.1, 0.15) is 26.3 Å². The van der Waals surface area contributed by atoms with Gasteiger partial charge in [0.1, 0.15) is 23.4 Å². The molecule has 0 aliphatic rings. The molecule has 0 saturated heterocycles. The van der Waals surface area contributed by atoms with E-state index in [1.54, 1.807) is 19.1 Å². The summed E-state index contributed by atoms with van der Waals surface area (Å²) in [5, 5.41) is 2.82. The Bertz CT molecular complexity index is 808. The Morgan fingerprint density at radius 2 is 1.52 bits per heavy atom. The third kappa shape index (κ3) is 7.18. The maximum absolute atomic E-state index is 13.2. The predicted molar refractivity (Wildman–Crippen MR) is 106 cm³/mol. The highest BCUT2D eigenvalue weighted by atomic mass is 19.1. The van der Waals surface area contributed by atoms with Gasteiger partial charge in [-0.3, -0.25) is 9.59 Å². The van der Waals surface area contributed by atoms with Crippen LogP contribution in [0.15, 0.2) is 48.5 Å². The van der Waals surface area contributed by atoms with E-state index in [9.17, 15) is 18.4 Å². The van der Waals surface area contributed by atoms with Crippen molar-refractivity contribution in [2.75, 3.05) is 13.2 Å². The summed E-state index contributed by atoms with van der Waals surface area (Å²) >= 11 is 0. The monoisotopic (exact) mass is 404 g/mol. The first kappa shape index (κ1) is 22.3. The molecule has 0 spiro atoms. The van der Waals surface area contributed by atoms with Crippen molar-refractivity contribution < 1.29 is 23.1 Å². The van der Waals surface area contributed by atoms with Gasteiger partial charge in [0.15, 0.2) is 6.61 Å². The van der Waals surface area contributed by atoms with Crippen LogP contribution in [0.3, 0.4) is 0 Å². The van der Waals surface area contributed by atoms with Gasteiger partial charge in [0.2, 0.25) is 5.91 Å². The Morgan fingerprint density at radius 3 is 2.07 bits per heavy atom. The van der Waals surface area contributed by atoms with E-state index < -0.39 is 17.8 Å². The average molecular weight is 404 g/mol. The van der Waals surface area contributed by atoms with Crippen LogP contribution in [0.2, 0.25) is 0 Å². The van der Waals surface area contributed by atoms with Gasteiger partial charge in [0.25, 0.3) is 5.91 Å². The number of ether oxygens (including phenoxy) is 1. The molecule has 0 aromatic heterocycles. The minimum Gasteiger partial charge on any atom is -0.484 e.